The smallest absolute Gasteiger partial charge is 0.257 e. The fraction of sp³-hybridized carbons (Fsp3) is 0.381. The fourth-order valence-corrected chi connectivity index (χ4v) is 4.81. The average Bonchev–Trinajstić information content (AvgIpc) is 3.45. The number of hydrogen-bond acceptors (Lipinski definition) is 9. The lowest BCUT2D eigenvalue weighted by Crippen LogP contribution is -2.33. The number of thiophene rings is 1. The van der Waals surface area contributed by atoms with Gasteiger partial charge in [-0.15, -0.1) is 21.5 Å². The Morgan fingerprint density at radius 1 is 1.24 bits per heavy atom. The summed E-state index contributed by atoms with van der Waals surface area (Å²) in [5, 5.41) is 12.9. The van der Waals surface area contributed by atoms with Crippen LogP contribution >= 0.6 is 11.3 Å². The maximum Gasteiger partial charge on any atom is 0.257 e. The highest BCUT2D eigenvalue weighted by Gasteiger charge is 2.23. The van der Waals surface area contributed by atoms with Crippen LogP contribution in [0.1, 0.15) is 19.2 Å². The molecule has 2 aromatic heterocycles. The van der Waals surface area contributed by atoms with Crippen molar-refractivity contribution in [3.8, 4) is 16.5 Å². The Kier molecular flexibility index (Phi) is 8.19. The number of nitrogens with one attached hydrogen (secondary N) is 1. The van der Waals surface area contributed by atoms with E-state index in [9.17, 15) is 13.2 Å². The van der Waals surface area contributed by atoms with Crippen LogP contribution in [0, 0.1) is 0 Å². The largest absolute Gasteiger partial charge is 0.495 e. The molecule has 3 rings (SSSR count). The monoisotopic (exact) mass is 493 g/mol. The molecule has 0 fully saturated rings. The molecule has 12 heteroatoms. The summed E-state index contributed by atoms with van der Waals surface area (Å²) in [6.45, 7) is 3.06. The van der Waals surface area contributed by atoms with Gasteiger partial charge in [-0.1, -0.05) is 13.0 Å². The zero-order valence-corrected chi connectivity index (χ0v) is 20.6. The highest BCUT2D eigenvalue weighted by molar-refractivity contribution is 7.89. The van der Waals surface area contributed by atoms with Gasteiger partial charge in [-0.2, -0.15) is 0 Å². The second-order valence-corrected chi connectivity index (χ2v) is 10.5. The van der Waals surface area contributed by atoms with E-state index >= 15 is 0 Å². The lowest BCUT2D eigenvalue weighted by atomic mass is 10.3. The predicted octanol–water partition coefficient (Wildman–Crippen LogP) is 2.91. The van der Waals surface area contributed by atoms with Crippen molar-refractivity contribution < 1.29 is 22.4 Å². The van der Waals surface area contributed by atoms with Crippen LogP contribution in [0.4, 0.5) is 5.69 Å². The molecule has 0 saturated carbocycles. The van der Waals surface area contributed by atoms with Gasteiger partial charge in [0.05, 0.1) is 25.1 Å². The molecule has 33 heavy (non-hydrogen) atoms. The third-order valence-electron chi connectivity index (χ3n) is 4.67. The number of rotatable bonds is 11. The second-order valence-electron chi connectivity index (χ2n) is 7.39. The standard InChI is InChI=1S/C21H27N5O5S2/c1-5-10-26(14-20-23-24-21(31-20)17-7-6-11-32-17)13-19(27)22-15-8-9-16(30-4)18(12-15)33(28,29)25(2)3/h6-9,11-12H,5,10,13-14H2,1-4H3,(H,22,27). The number of aromatic nitrogens is 2. The van der Waals surface area contributed by atoms with Crippen LogP contribution in [0.2, 0.25) is 0 Å². The molecule has 0 radical (unpaired) electrons. The molecule has 0 saturated heterocycles. The van der Waals surface area contributed by atoms with Gasteiger partial charge < -0.3 is 14.5 Å². The maximum absolute atomic E-state index is 12.7. The average molecular weight is 494 g/mol. The number of nitrogens with zero attached hydrogens (tertiary/aromatic N) is 4. The molecule has 0 bridgehead atoms. The molecule has 2 heterocycles. The summed E-state index contributed by atoms with van der Waals surface area (Å²) in [6.07, 6.45) is 0.826. The summed E-state index contributed by atoms with van der Waals surface area (Å²) < 4.78 is 37.2. The second kappa shape index (κ2) is 10.9. The van der Waals surface area contributed by atoms with Crippen LogP contribution in [0.5, 0.6) is 5.75 Å². The molecule has 0 unspecified atom stereocenters. The third-order valence-corrected chi connectivity index (χ3v) is 7.36. The van der Waals surface area contributed by atoms with Crippen molar-refractivity contribution >= 4 is 33.0 Å². The Hall–Kier alpha value is -2.80. The highest BCUT2D eigenvalue weighted by Crippen LogP contribution is 2.29. The number of ether oxygens (including phenoxy) is 1. The van der Waals surface area contributed by atoms with Crippen molar-refractivity contribution in [1.29, 1.82) is 0 Å². The topological polar surface area (TPSA) is 118 Å². The summed E-state index contributed by atoms with van der Waals surface area (Å²) in [7, 11) is 0.517. The van der Waals surface area contributed by atoms with Crippen LogP contribution < -0.4 is 10.1 Å². The number of sulfonamides is 1. The molecule has 10 nitrogen and oxygen atoms in total. The van der Waals surface area contributed by atoms with E-state index in [0.29, 0.717) is 30.6 Å². The number of amides is 1. The molecule has 178 valence electrons. The van der Waals surface area contributed by atoms with Crippen molar-refractivity contribution in [1.82, 2.24) is 19.4 Å². The van der Waals surface area contributed by atoms with Crippen LogP contribution in [0.3, 0.4) is 0 Å². The van der Waals surface area contributed by atoms with E-state index in [0.717, 1.165) is 15.6 Å². The minimum Gasteiger partial charge on any atom is -0.495 e. The molecule has 1 N–H and O–H groups in total. The summed E-state index contributed by atoms with van der Waals surface area (Å²) in [5.41, 5.74) is 0.357. The van der Waals surface area contributed by atoms with Crippen molar-refractivity contribution in [2.75, 3.05) is 39.6 Å². The summed E-state index contributed by atoms with van der Waals surface area (Å²) in [4.78, 5) is 15.5. The Balaban J connectivity index is 1.70. The van der Waals surface area contributed by atoms with E-state index in [1.54, 1.807) is 6.07 Å². The lowest BCUT2D eigenvalue weighted by molar-refractivity contribution is -0.117. The highest BCUT2D eigenvalue weighted by atomic mass is 32.2. The van der Waals surface area contributed by atoms with Crippen molar-refractivity contribution in [3.05, 3.63) is 41.6 Å². The Morgan fingerprint density at radius 2 is 2.03 bits per heavy atom. The third kappa shape index (κ3) is 6.16. The van der Waals surface area contributed by atoms with Gasteiger partial charge in [-0.05, 0) is 42.6 Å². The number of anilines is 1. The zero-order chi connectivity index (χ0) is 24.0. The quantitative estimate of drug-likeness (QED) is 0.433. The first-order chi connectivity index (χ1) is 15.7. The van der Waals surface area contributed by atoms with E-state index in [2.05, 4.69) is 15.5 Å². The number of carbonyl (C=O) groups excluding carboxylic acids is 1. The molecule has 0 aliphatic carbocycles. The normalized spacial score (nSPS) is 11.8. The first kappa shape index (κ1) is 24.8. The maximum atomic E-state index is 12.7. The number of benzene rings is 1. The SMILES string of the molecule is CCCN(CC(=O)Nc1ccc(OC)c(S(=O)(=O)N(C)C)c1)Cc1nnc(-c2cccs2)o1. The van der Waals surface area contributed by atoms with Crippen LogP contribution in [0.25, 0.3) is 10.8 Å². The van der Waals surface area contributed by atoms with Gasteiger partial charge in [-0.25, -0.2) is 12.7 Å². The molecule has 1 aromatic carbocycles. The van der Waals surface area contributed by atoms with Crippen molar-refractivity contribution in [2.45, 2.75) is 24.8 Å². The number of hydrogen-bond donors (Lipinski definition) is 1. The van der Waals surface area contributed by atoms with Gasteiger partial charge in [0, 0.05) is 19.8 Å². The first-order valence-corrected chi connectivity index (χ1v) is 12.6. The fourth-order valence-electron chi connectivity index (χ4n) is 3.10. The van der Waals surface area contributed by atoms with Gasteiger partial charge in [0.1, 0.15) is 10.6 Å². The van der Waals surface area contributed by atoms with E-state index in [1.165, 1.54) is 44.7 Å². The Bertz CT molecular complexity index is 1180. The minimum absolute atomic E-state index is 0.0230. The zero-order valence-electron chi connectivity index (χ0n) is 18.9. The molecular formula is C21H27N5O5S2. The van der Waals surface area contributed by atoms with Gasteiger partial charge >= 0.3 is 0 Å². The van der Waals surface area contributed by atoms with Gasteiger partial charge in [0.2, 0.25) is 21.8 Å². The van der Waals surface area contributed by atoms with E-state index in [1.807, 2.05) is 29.3 Å². The Labute approximate surface area is 197 Å². The predicted molar refractivity (Wildman–Crippen MR) is 126 cm³/mol. The molecule has 0 atom stereocenters. The van der Waals surface area contributed by atoms with Crippen LogP contribution in [-0.2, 0) is 21.4 Å². The van der Waals surface area contributed by atoms with Gasteiger partial charge in [-0.3, -0.25) is 9.69 Å². The summed E-state index contributed by atoms with van der Waals surface area (Å²) >= 11 is 1.51. The molecule has 3 aromatic rings. The molecular weight excluding hydrogens is 466 g/mol. The van der Waals surface area contributed by atoms with Gasteiger partial charge in [0.15, 0.2) is 0 Å². The molecule has 1 amide bonds. The first-order valence-electron chi connectivity index (χ1n) is 10.2. The number of carbonyl (C=O) groups is 1. The Morgan fingerprint density at radius 3 is 2.67 bits per heavy atom. The van der Waals surface area contributed by atoms with E-state index in [4.69, 9.17) is 9.15 Å². The molecule has 0 aliphatic rings. The summed E-state index contributed by atoms with van der Waals surface area (Å²) in [5.74, 6) is 0.782. The van der Waals surface area contributed by atoms with Gasteiger partial charge in [0.25, 0.3) is 5.89 Å². The minimum atomic E-state index is -3.75. The van der Waals surface area contributed by atoms with E-state index < -0.39 is 10.0 Å². The molecule has 0 aliphatic heterocycles. The van der Waals surface area contributed by atoms with E-state index in [-0.39, 0.29) is 23.1 Å². The molecule has 0 spiro atoms. The van der Waals surface area contributed by atoms with Crippen LogP contribution in [0.15, 0.2) is 45.0 Å². The van der Waals surface area contributed by atoms with Crippen molar-refractivity contribution in [2.24, 2.45) is 0 Å². The van der Waals surface area contributed by atoms with Crippen LogP contribution in [-0.4, -0.2) is 68.0 Å². The number of methoxy groups -OCH3 is 1. The summed E-state index contributed by atoms with van der Waals surface area (Å²) in [6, 6.07) is 8.31. The lowest BCUT2D eigenvalue weighted by Gasteiger charge is -2.20. The van der Waals surface area contributed by atoms with Crippen molar-refractivity contribution in [3.63, 3.8) is 0 Å².